The molecule has 0 heterocycles. The second kappa shape index (κ2) is 5.63. The first kappa shape index (κ1) is 14.2. The molecule has 0 radical (unpaired) electrons. The van der Waals surface area contributed by atoms with Crippen LogP contribution in [0.4, 0.5) is 0 Å². The van der Waals surface area contributed by atoms with Crippen LogP contribution in [0.1, 0.15) is 20.8 Å². The van der Waals surface area contributed by atoms with Crippen molar-refractivity contribution in [2.75, 3.05) is 5.75 Å². The third-order valence-corrected chi connectivity index (χ3v) is 4.28. The largest absolute Gasteiger partial charge is 0.326 e. The summed E-state index contributed by atoms with van der Waals surface area (Å²) in [6.07, 6.45) is 0. The van der Waals surface area contributed by atoms with Crippen LogP contribution in [-0.2, 0) is 0 Å². The Bertz CT molecular complexity index is 361. The first-order valence-electron chi connectivity index (χ1n) is 5.14. The molecule has 0 aliphatic carbocycles. The standard InChI is InChI=1S/C12H17Cl2NS/c1-12(2,3)11(15)7-16-10-6-8(13)4-5-9(10)14/h4-6,11H,7,15H2,1-3H3. The highest BCUT2D eigenvalue weighted by molar-refractivity contribution is 7.99. The fourth-order valence-corrected chi connectivity index (χ4v) is 2.81. The Labute approximate surface area is 112 Å². The van der Waals surface area contributed by atoms with Crippen LogP contribution in [0, 0.1) is 5.41 Å². The molecule has 1 unspecified atom stereocenters. The number of thioether (sulfide) groups is 1. The van der Waals surface area contributed by atoms with E-state index in [0.29, 0.717) is 5.02 Å². The Kier molecular flexibility index (Phi) is 4.99. The predicted octanol–water partition coefficient (Wildman–Crippen LogP) is 4.46. The van der Waals surface area contributed by atoms with E-state index >= 15 is 0 Å². The molecule has 16 heavy (non-hydrogen) atoms. The summed E-state index contributed by atoms with van der Waals surface area (Å²) >= 11 is 13.6. The maximum atomic E-state index is 6.09. The Morgan fingerprint density at radius 3 is 2.50 bits per heavy atom. The first-order chi connectivity index (χ1) is 7.30. The van der Waals surface area contributed by atoms with Crippen molar-refractivity contribution in [3.8, 4) is 0 Å². The summed E-state index contributed by atoms with van der Waals surface area (Å²) in [7, 11) is 0. The lowest BCUT2D eigenvalue weighted by atomic mass is 9.89. The van der Waals surface area contributed by atoms with Gasteiger partial charge in [-0.05, 0) is 23.6 Å². The van der Waals surface area contributed by atoms with Gasteiger partial charge in [0.15, 0.2) is 0 Å². The summed E-state index contributed by atoms with van der Waals surface area (Å²) in [5.74, 6) is 0.837. The van der Waals surface area contributed by atoms with Crippen LogP contribution in [0.5, 0.6) is 0 Å². The van der Waals surface area contributed by atoms with Crippen molar-refractivity contribution in [2.24, 2.45) is 11.1 Å². The van der Waals surface area contributed by atoms with Crippen molar-refractivity contribution in [3.05, 3.63) is 28.2 Å². The molecule has 4 heteroatoms. The zero-order chi connectivity index (χ0) is 12.3. The molecule has 1 aromatic carbocycles. The van der Waals surface area contributed by atoms with E-state index in [1.54, 1.807) is 17.8 Å². The Morgan fingerprint density at radius 1 is 1.31 bits per heavy atom. The van der Waals surface area contributed by atoms with Crippen LogP contribution in [-0.4, -0.2) is 11.8 Å². The summed E-state index contributed by atoms with van der Waals surface area (Å²) in [6.45, 7) is 6.41. The van der Waals surface area contributed by atoms with Gasteiger partial charge in [0.25, 0.3) is 0 Å². The topological polar surface area (TPSA) is 26.0 Å². The second-order valence-electron chi connectivity index (χ2n) is 4.86. The number of halogens is 2. The van der Waals surface area contributed by atoms with Gasteiger partial charge in [-0.3, -0.25) is 0 Å². The average molecular weight is 278 g/mol. The molecule has 90 valence electrons. The van der Waals surface area contributed by atoms with E-state index in [1.807, 2.05) is 12.1 Å². The zero-order valence-electron chi connectivity index (χ0n) is 9.76. The van der Waals surface area contributed by atoms with Gasteiger partial charge in [0.2, 0.25) is 0 Å². The van der Waals surface area contributed by atoms with E-state index in [1.165, 1.54) is 0 Å². The van der Waals surface area contributed by atoms with Crippen LogP contribution in [0.15, 0.2) is 23.1 Å². The van der Waals surface area contributed by atoms with Crippen LogP contribution < -0.4 is 5.73 Å². The minimum absolute atomic E-state index is 0.109. The third kappa shape index (κ3) is 4.17. The lowest BCUT2D eigenvalue weighted by molar-refractivity contribution is 0.344. The molecule has 2 N–H and O–H groups in total. The van der Waals surface area contributed by atoms with Gasteiger partial charge in [0.05, 0.1) is 5.02 Å². The molecule has 1 aromatic rings. The van der Waals surface area contributed by atoms with E-state index in [2.05, 4.69) is 20.8 Å². The fourth-order valence-electron chi connectivity index (χ4n) is 1.02. The van der Waals surface area contributed by atoms with E-state index in [4.69, 9.17) is 28.9 Å². The Hall–Kier alpha value is 0.110. The molecule has 1 atom stereocenters. The summed E-state index contributed by atoms with van der Waals surface area (Å²) in [4.78, 5) is 0.994. The first-order valence-corrected chi connectivity index (χ1v) is 6.88. The van der Waals surface area contributed by atoms with Crippen molar-refractivity contribution >= 4 is 35.0 Å². The van der Waals surface area contributed by atoms with Crippen LogP contribution in [0.3, 0.4) is 0 Å². The highest BCUT2D eigenvalue weighted by Gasteiger charge is 2.20. The van der Waals surface area contributed by atoms with Crippen molar-refractivity contribution in [1.82, 2.24) is 0 Å². The van der Waals surface area contributed by atoms with E-state index in [9.17, 15) is 0 Å². The quantitative estimate of drug-likeness (QED) is 0.826. The lowest BCUT2D eigenvalue weighted by Gasteiger charge is -2.26. The van der Waals surface area contributed by atoms with E-state index in [0.717, 1.165) is 15.7 Å². The van der Waals surface area contributed by atoms with Crippen molar-refractivity contribution < 1.29 is 0 Å². The molecular weight excluding hydrogens is 261 g/mol. The van der Waals surface area contributed by atoms with Crippen LogP contribution in [0.2, 0.25) is 10.0 Å². The molecule has 0 bridgehead atoms. The van der Waals surface area contributed by atoms with Gasteiger partial charge in [-0.2, -0.15) is 0 Å². The van der Waals surface area contributed by atoms with Crippen LogP contribution in [0.25, 0.3) is 0 Å². The molecule has 0 saturated carbocycles. The predicted molar refractivity (Wildman–Crippen MR) is 74.6 cm³/mol. The molecule has 1 nitrogen and oxygen atoms in total. The fraction of sp³-hybridized carbons (Fsp3) is 0.500. The molecule has 0 aliphatic heterocycles. The monoisotopic (exact) mass is 277 g/mol. The number of hydrogen-bond acceptors (Lipinski definition) is 2. The second-order valence-corrected chi connectivity index (χ2v) is 6.76. The van der Waals surface area contributed by atoms with E-state index < -0.39 is 0 Å². The van der Waals surface area contributed by atoms with Gasteiger partial charge in [-0.1, -0.05) is 44.0 Å². The Morgan fingerprint density at radius 2 is 1.94 bits per heavy atom. The van der Waals surface area contributed by atoms with Crippen molar-refractivity contribution in [3.63, 3.8) is 0 Å². The zero-order valence-corrected chi connectivity index (χ0v) is 12.1. The molecule has 0 fully saturated rings. The molecule has 1 rings (SSSR count). The molecule has 0 amide bonds. The Balaban J connectivity index is 2.64. The summed E-state index contributed by atoms with van der Waals surface area (Å²) in [5.41, 5.74) is 6.20. The van der Waals surface area contributed by atoms with Gasteiger partial charge in [-0.25, -0.2) is 0 Å². The van der Waals surface area contributed by atoms with Gasteiger partial charge in [0, 0.05) is 21.7 Å². The molecule has 0 aliphatic rings. The summed E-state index contributed by atoms with van der Waals surface area (Å²) in [5, 5.41) is 1.44. The smallest absolute Gasteiger partial charge is 0.0542 e. The lowest BCUT2D eigenvalue weighted by Crippen LogP contribution is -2.37. The number of nitrogens with two attached hydrogens (primary N) is 1. The van der Waals surface area contributed by atoms with Crippen LogP contribution >= 0.6 is 35.0 Å². The molecule has 0 saturated heterocycles. The van der Waals surface area contributed by atoms with E-state index in [-0.39, 0.29) is 11.5 Å². The normalized spacial score (nSPS) is 13.9. The summed E-state index contributed by atoms with van der Waals surface area (Å²) in [6, 6.07) is 5.61. The SMILES string of the molecule is CC(C)(C)C(N)CSc1cc(Cl)ccc1Cl. The van der Waals surface area contributed by atoms with Gasteiger partial charge in [-0.15, -0.1) is 11.8 Å². The third-order valence-electron chi connectivity index (χ3n) is 2.42. The van der Waals surface area contributed by atoms with Crippen molar-refractivity contribution in [1.29, 1.82) is 0 Å². The minimum Gasteiger partial charge on any atom is -0.326 e. The molecule has 0 spiro atoms. The number of rotatable bonds is 3. The van der Waals surface area contributed by atoms with Gasteiger partial charge >= 0.3 is 0 Å². The van der Waals surface area contributed by atoms with Gasteiger partial charge < -0.3 is 5.73 Å². The molecule has 0 aromatic heterocycles. The summed E-state index contributed by atoms with van der Waals surface area (Å²) < 4.78 is 0. The maximum absolute atomic E-state index is 6.09. The minimum atomic E-state index is 0.109. The van der Waals surface area contributed by atoms with Crippen molar-refractivity contribution in [2.45, 2.75) is 31.7 Å². The molecular formula is C12H17Cl2NS. The van der Waals surface area contributed by atoms with Gasteiger partial charge in [0.1, 0.15) is 0 Å². The highest BCUT2D eigenvalue weighted by atomic mass is 35.5. The number of hydrogen-bond donors (Lipinski definition) is 1. The highest BCUT2D eigenvalue weighted by Crippen LogP contribution is 2.32. The number of benzene rings is 1. The average Bonchev–Trinajstić information content (AvgIpc) is 2.17. The maximum Gasteiger partial charge on any atom is 0.0542 e.